The molecule has 1 aromatic rings. The van der Waals surface area contributed by atoms with E-state index in [0.29, 0.717) is 12.4 Å². The van der Waals surface area contributed by atoms with E-state index in [4.69, 9.17) is 9.47 Å². The largest absolute Gasteiger partial charge is 0.484 e. The summed E-state index contributed by atoms with van der Waals surface area (Å²) in [6.45, 7) is 8.49. The first-order chi connectivity index (χ1) is 10.1. The van der Waals surface area contributed by atoms with Gasteiger partial charge in [-0.2, -0.15) is 0 Å². The Morgan fingerprint density at radius 1 is 1.33 bits per heavy atom. The standard InChI is InChI=1S/C16H26N2O3/c1-5-18(6-2)14-8-7-9-15(10-14)21-12-16(19)17-13(3)11-20-4/h7-10,13H,5-6,11-12H2,1-4H3,(H,17,19)/t13-/m0/s1. The molecule has 118 valence electrons. The second kappa shape index (κ2) is 9.23. The van der Waals surface area contributed by atoms with Crippen molar-refractivity contribution < 1.29 is 14.3 Å². The summed E-state index contributed by atoms with van der Waals surface area (Å²) in [7, 11) is 1.61. The smallest absolute Gasteiger partial charge is 0.258 e. The van der Waals surface area contributed by atoms with E-state index in [2.05, 4.69) is 24.1 Å². The number of nitrogens with one attached hydrogen (secondary N) is 1. The topological polar surface area (TPSA) is 50.8 Å². The summed E-state index contributed by atoms with van der Waals surface area (Å²) >= 11 is 0. The molecular weight excluding hydrogens is 268 g/mol. The fourth-order valence-electron chi connectivity index (χ4n) is 2.12. The maximum absolute atomic E-state index is 11.7. The van der Waals surface area contributed by atoms with Crippen LogP contribution in [0.15, 0.2) is 24.3 Å². The zero-order valence-corrected chi connectivity index (χ0v) is 13.4. The Kier molecular flexibility index (Phi) is 7.61. The number of rotatable bonds is 9. The van der Waals surface area contributed by atoms with Gasteiger partial charge in [-0.15, -0.1) is 0 Å². The van der Waals surface area contributed by atoms with Crippen LogP contribution in [0.1, 0.15) is 20.8 Å². The van der Waals surface area contributed by atoms with E-state index in [-0.39, 0.29) is 18.6 Å². The highest BCUT2D eigenvalue weighted by Crippen LogP contribution is 2.20. The molecule has 0 aliphatic heterocycles. The zero-order chi connectivity index (χ0) is 15.7. The summed E-state index contributed by atoms with van der Waals surface area (Å²) in [5.74, 6) is 0.557. The van der Waals surface area contributed by atoms with E-state index in [1.165, 1.54) is 0 Å². The highest BCUT2D eigenvalue weighted by molar-refractivity contribution is 5.77. The average Bonchev–Trinajstić information content (AvgIpc) is 2.47. The maximum atomic E-state index is 11.7. The quantitative estimate of drug-likeness (QED) is 0.757. The molecule has 0 saturated heterocycles. The number of methoxy groups -OCH3 is 1. The molecule has 0 aromatic heterocycles. The minimum atomic E-state index is -0.146. The predicted octanol–water partition coefficient (Wildman–Crippen LogP) is 2.06. The van der Waals surface area contributed by atoms with Crippen LogP contribution >= 0.6 is 0 Å². The third-order valence-electron chi connectivity index (χ3n) is 3.14. The Balaban J connectivity index is 2.52. The van der Waals surface area contributed by atoms with Gasteiger partial charge in [-0.25, -0.2) is 0 Å². The van der Waals surface area contributed by atoms with E-state index in [0.717, 1.165) is 18.8 Å². The van der Waals surface area contributed by atoms with Crippen LogP contribution in [0, 0.1) is 0 Å². The lowest BCUT2D eigenvalue weighted by Crippen LogP contribution is -2.38. The molecule has 0 aliphatic rings. The molecule has 5 nitrogen and oxygen atoms in total. The molecule has 0 saturated carbocycles. The predicted molar refractivity (Wildman–Crippen MR) is 85.0 cm³/mol. The van der Waals surface area contributed by atoms with Crippen LogP contribution < -0.4 is 15.0 Å². The molecule has 0 fully saturated rings. The molecule has 1 amide bonds. The second-order valence-corrected chi connectivity index (χ2v) is 4.88. The molecule has 0 spiro atoms. The van der Waals surface area contributed by atoms with Crippen molar-refractivity contribution in [1.29, 1.82) is 0 Å². The number of hydrogen-bond donors (Lipinski definition) is 1. The van der Waals surface area contributed by atoms with Crippen molar-refractivity contribution in [2.24, 2.45) is 0 Å². The Labute approximate surface area is 127 Å². The highest BCUT2D eigenvalue weighted by Gasteiger charge is 2.08. The monoisotopic (exact) mass is 294 g/mol. The number of amides is 1. The summed E-state index contributed by atoms with van der Waals surface area (Å²) in [6.07, 6.45) is 0. The molecule has 0 bridgehead atoms. The van der Waals surface area contributed by atoms with E-state index < -0.39 is 0 Å². The molecular formula is C16H26N2O3. The number of benzene rings is 1. The minimum Gasteiger partial charge on any atom is -0.484 e. The van der Waals surface area contributed by atoms with Gasteiger partial charge in [0, 0.05) is 38.0 Å². The number of carbonyl (C=O) groups excluding carboxylic acids is 1. The van der Waals surface area contributed by atoms with Crippen molar-refractivity contribution in [2.75, 3.05) is 38.3 Å². The van der Waals surface area contributed by atoms with Gasteiger partial charge in [0.1, 0.15) is 5.75 Å². The molecule has 0 aliphatic carbocycles. The number of anilines is 1. The number of carbonyl (C=O) groups is 1. The van der Waals surface area contributed by atoms with Crippen molar-refractivity contribution in [3.8, 4) is 5.75 Å². The van der Waals surface area contributed by atoms with E-state index >= 15 is 0 Å². The average molecular weight is 294 g/mol. The van der Waals surface area contributed by atoms with Crippen LogP contribution in [-0.2, 0) is 9.53 Å². The van der Waals surface area contributed by atoms with Gasteiger partial charge in [-0.1, -0.05) is 6.07 Å². The van der Waals surface area contributed by atoms with Gasteiger partial charge >= 0.3 is 0 Å². The van der Waals surface area contributed by atoms with Crippen molar-refractivity contribution >= 4 is 11.6 Å². The Morgan fingerprint density at radius 2 is 2.05 bits per heavy atom. The van der Waals surface area contributed by atoms with Crippen molar-refractivity contribution in [3.63, 3.8) is 0 Å². The van der Waals surface area contributed by atoms with Gasteiger partial charge in [-0.3, -0.25) is 4.79 Å². The fraction of sp³-hybridized carbons (Fsp3) is 0.562. The summed E-state index contributed by atoms with van der Waals surface area (Å²) in [4.78, 5) is 14.0. The van der Waals surface area contributed by atoms with Crippen LogP contribution in [-0.4, -0.2) is 45.4 Å². The van der Waals surface area contributed by atoms with Gasteiger partial charge in [0.2, 0.25) is 0 Å². The summed E-state index contributed by atoms with van der Waals surface area (Å²) < 4.78 is 10.5. The van der Waals surface area contributed by atoms with Gasteiger partial charge in [0.25, 0.3) is 5.91 Å². The number of hydrogen-bond acceptors (Lipinski definition) is 4. The van der Waals surface area contributed by atoms with Gasteiger partial charge in [0.15, 0.2) is 6.61 Å². The lowest BCUT2D eigenvalue weighted by atomic mass is 10.2. The van der Waals surface area contributed by atoms with Crippen molar-refractivity contribution in [3.05, 3.63) is 24.3 Å². The van der Waals surface area contributed by atoms with Gasteiger partial charge < -0.3 is 19.7 Å². The molecule has 1 aromatic carbocycles. The van der Waals surface area contributed by atoms with Crippen molar-refractivity contribution in [1.82, 2.24) is 5.32 Å². The third kappa shape index (κ3) is 6.04. The molecule has 21 heavy (non-hydrogen) atoms. The zero-order valence-electron chi connectivity index (χ0n) is 13.4. The normalized spacial score (nSPS) is 11.8. The lowest BCUT2D eigenvalue weighted by molar-refractivity contribution is -0.124. The second-order valence-electron chi connectivity index (χ2n) is 4.88. The SMILES string of the molecule is CCN(CC)c1cccc(OCC(=O)N[C@@H](C)COC)c1. The maximum Gasteiger partial charge on any atom is 0.258 e. The van der Waals surface area contributed by atoms with Crippen LogP contribution in [0.4, 0.5) is 5.69 Å². The molecule has 1 atom stereocenters. The summed E-state index contributed by atoms with van der Waals surface area (Å²) in [5, 5.41) is 2.81. The van der Waals surface area contributed by atoms with Crippen LogP contribution in [0.25, 0.3) is 0 Å². The molecule has 0 unspecified atom stereocenters. The number of ether oxygens (including phenoxy) is 2. The highest BCUT2D eigenvalue weighted by atomic mass is 16.5. The Bertz CT molecular complexity index is 433. The fourth-order valence-corrected chi connectivity index (χ4v) is 2.12. The van der Waals surface area contributed by atoms with Gasteiger partial charge in [0.05, 0.1) is 6.61 Å². The van der Waals surface area contributed by atoms with Crippen LogP contribution in [0.2, 0.25) is 0 Å². The Morgan fingerprint density at radius 3 is 2.67 bits per heavy atom. The number of nitrogens with zero attached hydrogens (tertiary/aromatic N) is 1. The molecule has 0 heterocycles. The van der Waals surface area contributed by atoms with Crippen molar-refractivity contribution in [2.45, 2.75) is 26.8 Å². The molecule has 5 heteroatoms. The molecule has 1 rings (SSSR count). The first-order valence-corrected chi connectivity index (χ1v) is 7.36. The van der Waals surface area contributed by atoms with E-state index in [1.54, 1.807) is 7.11 Å². The third-order valence-corrected chi connectivity index (χ3v) is 3.14. The minimum absolute atomic E-state index is 0.00968. The Hall–Kier alpha value is -1.75. The summed E-state index contributed by atoms with van der Waals surface area (Å²) in [5.41, 5.74) is 1.10. The van der Waals surface area contributed by atoms with Crippen LogP contribution in [0.5, 0.6) is 5.75 Å². The van der Waals surface area contributed by atoms with E-state index in [1.807, 2.05) is 31.2 Å². The van der Waals surface area contributed by atoms with Gasteiger partial charge in [-0.05, 0) is 32.9 Å². The molecule has 1 N–H and O–H groups in total. The molecule has 0 radical (unpaired) electrons. The van der Waals surface area contributed by atoms with Crippen LogP contribution in [0.3, 0.4) is 0 Å². The lowest BCUT2D eigenvalue weighted by Gasteiger charge is -2.21. The first-order valence-electron chi connectivity index (χ1n) is 7.36. The van der Waals surface area contributed by atoms with E-state index in [9.17, 15) is 4.79 Å². The summed E-state index contributed by atoms with van der Waals surface area (Å²) in [6, 6.07) is 7.78. The first kappa shape index (κ1) is 17.3.